The number of hydrogen-bond acceptors (Lipinski definition) is 5. The van der Waals surface area contributed by atoms with Crippen molar-refractivity contribution in [1.82, 2.24) is 9.55 Å². The fraction of sp³-hybridized carbons (Fsp3) is 0.636. The summed E-state index contributed by atoms with van der Waals surface area (Å²) in [5.74, 6) is 0. The van der Waals surface area contributed by atoms with E-state index in [4.69, 9.17) is 5.11 Å². The van der Waals surface area contributed by atoms with Gasteiger partial charge in [-0.05, 0) is 6.42 Å². The van der Waals surface area contributed by atoms with E-state index in [-0.39, 0.29) is 22.8 Å². The summed E-state index contributed by atoms with van der Waals surface area (Å²) in [7, 11) is 0. The molecule has 0 bridgehead atoms. The molecule has 0 radical (unpaired) electrons. The average Bonchev–Trinajstić information content (AvgIpc) is 2.70. The highest BCUT2D eigenvalue weighted by Gasteiger charge is 2.34. The Bertz CT molecular complexity index is 539. The Balaban J connectivity index is 2.35. The van der Waals surface area contributed by atoms with Crippen molar-refractivity contribution in [2.75, 3.05) is 6.61 Å². The number of thioether (sulfide) groups is 1. The lowest BCUT2D eigenvalue weighted by molar-refractivity contribution is 0.137. The molecule has 1 aromatic heterocycles. The molecule has 1 aliphatic rings. The van der Waals surface area contributed by atoms with Crippen LogP contribution in [0.5, 0.6) is 0 Å². The average molecular weight is 272 g/mol. The minimum absolute atomic E-state index is 0.124. The van der Waals surface area contributed by atoms with Crippen LogP contribution in [0, 0.1) is 0 Å². The van der Waals surface area contributed by atoms with Crippen LogP contribution in [0.4, 0.5) is 0 Å². The second-order valence-corrected chi connectivity index (χ2v) is 5.71. The molecule has 1 aliphatic heterocycles. The zero-order valence-electron chi connectivity index (χ0n) is 10.00. The first kappa shape index (κ1) is 13.4. The summed E-state index contributed by atoms with van der Waals surface area (Å²) in [6.07, 6.45) is 1.85. The lowest BCUT2D eigenvalue weighted by Gasteiger charge is -2.13. The van der Waals surface area contributed by atoms with Gasteiger partial charge in [0.2, 0.25) is 0 Å². The molecule has 6 nitrogen and oxygen atoms in total. The highest BCUT2D eigenvalue weighted by Crippen LogP contribution is 2.40. The molecule has 18 heavy (non-hydrogen) atoms. The molecule has 3 N–H and O–H groups in total. The van der Waals surface area contributed by atoms with Gasteiger partial charge in [0.1, 0.15) is 0 Å². The summed E-state index contributed by atoms with van der Waals surface area (Å²) in [4.78, 5) is 25.5. The van der Waals surface area contributed by atoms with Crippen LogP contribution < -0.4 is 11.2 Å². The largest absolute Gasteiger partial charge is 0.395 e. The number of rotatable bonds is 3. The minimum Gasteiger partial charge on any atom is -0.395 e. The van der Waals surface area contributed by atoms with Gasteiger partial charge in [0.15, 0.2) is 0 Å². The maximum Gasteiger partial charge on any atom is 0.329 e. The lowest BCUT2D eigenvalue weighted by atomic mass is 10.2. The van der Waals surface area contributed by atoms with E-state index in [1.165, 1.54) is 16.3 Å². The van der Waals surface area contributed by atoms with Crippen molar-refractivity contribution in [2.24, 2.45) is 0 Å². The third-order valence-corrected chi connectivity index (χ3v) is 4.66. The van der Waals surface area contributed by atoms with Crippen molar-refractivity contribution in [1.29, 1.82) is 0 Å². The Labute approximate surface area is 108 Å². The molecule has 0 spiro atoms. The Hall–Kier alpha value is -1.05. The standard InChI is InChI=1S/C11H16N2O4S/c1-2-6-4-13(11(17)12-10(6)16)9-3-7(15)8(5-14)18-9/h4,7-9,14-15H,2-3,5H2,1H3,(H,12,16,17)/t7-,8+,9+/m1/s1. The number of hydrogen-bond donors (Lipinski definition) is 3. The van der Waals surface area contributed by atoms with Gasteiger partial charge in [-0.15, -0.1) is 11.8 Å². The van der Waals surface area contributed by atoms with E-state index in [1.807, 2.05) is 6.92 Å². The molecule has 0 amide bonds. The first-order chi connectivity index (χ1) is 8.56. The van der Waals surface area contributed by atoms with E-state index in [0.29, 0.717) is 18.4 Å². The molecule has 1 fully saturated rings. The predicted octanol–water partition coefficient (Wildman–Crippen LogP) is -0.544. The van der Waals surface area contributed by atoms with Crippen LogP contribution in [-0.4, -0.2) is 37.7 Å². The highest BCUT2D eigenvalue weighted by molar-refractivity contribution is 8.00. The summed E-state index contributed by atoms with van der Waals surface area (Å²) in [5, 5.41) is 18.3. The van der Waals surface area contributed by atoms with Gasteiger partial charge in [0.05, 0.1) is 23.3 Å². The monoisotopic (exact) mass is 272 g/mol. The molecule has 0 aromatic carbocycles. The zero-order valence-corrected chi connectivity index (χ0v) is 10.8. The van der Waals surface area contributed by atoms with Gasteiger partial charge in [-0.2, -0.15) is 0 Å². The summed E-state index contributed by atoms with van der Waals surface area (Å²) in [6, 6.07) is 0. The van der Waals surface area contributed by atoms with E-state index in [0.717, 1.165) is 0 Å². The van der Waals surface area contributed by atoms with E-state index >= 15 is 0 Å². The van der Waals surface area contributed by atoms with Crippen LogP contribution in [0.25, 0.3) is 0 Å². The van der Waals surface area contributed by atoms with Crippen molar-refractivity contribution in [3.05, 3.63) is 32.6 Å². The Kier molecular flexibility index (Phi) is 3.94. The summed E-state index contributed by atoms with van der Waals surface area (Å²) < 4.78 is 1.43. The number of aromatic nitrogens is 2. The molecule has 0 unspecified atom stereocenters. The topological polar surface area (TPSA) is 95.3 Å². The molecule has 1 aromatic rings. The molecular formula is C11H16N2O4S. The van der Waals surface area contributed by atoms with Crippen molar-refractivity contribution in [3.63, 3.8) is 0 Å². The first-order valence-corrected chi connectivity index (χ1v) is 6.79. The van der Waals surface area contributed by atoms with Crippen LogP contribution >= 0.6 is 11.8 Å². The maximum atomic E-state index is 11.7. The highest BCUT2D eigenvalue weighted by atomic mass is 32.2. The van der Waals surface area contributed by atoms with E-state index < -0.39 is 11.8 Å². The van der Waals surface area contributed by atoms with Gasteiger partial charge >= 0.3 is 5.69 Å². The third-order valence-electron chi connectivity index (χ3n) is 3.12. The molecule has 2 heterocycles. The second kappa shape index (κ2) is 5.29. The minimum atomic E-state index is -0.631. The summed E-state index contributed by atoms with van der Waals surface area (Å²) in [5.41, 5.74) is -0.293. The van der Waals surface area contributed by atoms with Crippen molar-refractivity contribution < 1.29 is 10.2 Å². The maximum absolute atomic E-state index is 11.7. The van der Waals surface area contributed by atoms with Gasteiger partial charge in [-0.1, -0.05) is 6.92 Å². The number of H-pyrrole nitrogens is 1. The van der Waals surface area contributed by atoms with Crippen molar-refractivity contribution >= 4 is 11.8 Å². The first-order valence-electron chi connectivity index (χ1n) is 5.85. The molecular weight excluding hydrogens is 256 g/mol. The van der Waals surface area contributed by atoms with Gasteiger partial charge in [0, 0.05) is 18.2 Å². The van der Waals surface area contributed by atoms with Crippen molar-refractivity contribution in [2.45, 2.75) is 36.5 Å². The fourth-order valence-electron chi connectivity index (χ4n) is 2.04. The number of nitrogens with one attached hydrogen (secondary N) is 1. The van der Waals surface area contributed by atoms with Gasteiger partial charge < -0.3 is 10.2 Å². The smallest absolute Gasteiger partial charge is 0.329 e. The summed E-state index contributed by atoms with van der Waals surface area (Å²) >= 11 is 1.35. The van der Waals surface area contributed by atoms with Crippen molar-refractivity contribution in [3.8, 4) is 0 Å². The van der Waals surface area contributed by atoms with Crippen LogP contribution in [0.2, 0.25) is 0 Å². The van der Waals surface area contributed by atoms with Crippen LogP contribution in [0.1, 0.15) is 24.3 Å². The van der Waals surface area contributed by atoms with E-state index in [2.05, 4.69) is 4.98 Å². The molecule has 3 atom stereocenters. The third kappa shape index (κ3) is 2.38. The van der Waals surface area contributed by atoms with Crippen LogP contribution in [0.15, 0.2) is 15.8 Å². The zero-order chi connectivity index (χ0) is 13.3. The Morgan fingerprint density at radius 3 is 2.83 bits per heavy atom. The molecule has 7 heteroatoms. The SMILES string of the molecule is CCc1cn([C@@H]2C[C@@H](O)[C@H](CO)S2)c(=O)[nH]c1=O. The number of aliphatic hydroxyl groups is 2. The number of nitrogens with zero attached hydrogens (tertiary/aromatic N) is 1. The number of aromatic amines is 1. The predicted molar refractivity (Wildman–Crippen MR) is 68.8 cm³/mol. The normalized spacial score (nSPS) is 27.6. The van der Waals surface area contributed by atoms with Gasteiger partial charge in [0.25, 0.3) is 5.56 Å². The number of aliphatic hydroxyl groups excluding tert-OH is 2. The molecule has 0 aliphatic carbocycles. The van der Waals surface area contributed by atoms with Gasteiger partial charge in [-0.3, -0.25) is 14.3 Å². The second-order valence-electron chi connectivity index (χ2n) is 4.29. The quantitative estimate of drug-likeness (QED) is 0.686. The lowest BCUT2D eigenvalue weighted by Crippen LogP contribution is -2.32. The van der Waals surface area contributed by atoms with Crippen LogP contribution in [0.3, 0.4) is 0 Å². The Morgan fingerprint density at radius 2 is 2.28 bits per heavy atom. The van der Waals surface area contributed by atoms with Gasteiger partial charge in [-0.25, -0.2) is 4.79 Å². The Morgan fingerprint density at radius 1 is 1.56 bits per heavy atom. The van der Waals surface area contributed by atoms with E-state index in [1.54, 1.807) is 6.20 Å². The molecule has 100 valence electrons. The number of aryl methyl sites for hydroxylation is 1. The fourth-order valence-corrected chi connectivity index (χ4v) is 3.42. The van der Waals surface area contributed by atoms with E-state index in [9.17, 15) is 14.7 Å². The molecule has 2 rings (SSSR count). The molecule has 0 saturated carbocycles. The summed E-state index contributed by atoms with van der Waals surface area (Å²) in [6.45, 7) is 1.72. The van der Waals surface area contributed by atoms with Crippen LogP contribution in [-0.2, 0) is 6.42 Å². The molecule has 1 saturated heterocycles.